The van der Waals surface area contributed by atoms with Gasteiger partial charge in [-0.05, 0) is 12.8 Å². The molecule has 0 heterocycles. The predicted molar refractivity (Wildman–Crippen MR) is 155 cm³/mol. The van der Waals surface area contributed by atoms with Crippen molar-refractivity contribution in [2.75, 3.05) is 0 Å². The average molecular weight is 492 g/mol. The van der Waals surface area contributed by atoms with Gasteiger partial charge in [-0.15, -0.1) is 0 Å². The topological polar surface area (TPSA) is 34.1 Å². The van der Waals surface area contributed by atoms with Gasteiger partial charge in [0.05, 0.1) is 5.92 Å². The summed E-state index contributed by atoms with van der Waals surface area (Å²) in [7, 11) is 0. The molecule has 0 aliphatic rings. The van der Waals surface area contributed by atoms with E-state index in [1.54, 1.807) is 0 Å². The molecule has 0 saturated carbocycles. The highest BCUT2D eigenvalue weighted by atomic mass is 16.1. The van der Waals surface area contributed by atoms with Crippen LogP contribution < -0.4 is 0 Å². The van der Waals surface area contributed by atoms with Crippen LogP contribution in [0.15, 0.2) is 0 Å². The Morgan fingerprint density at radius 2 is 0.743 bits per heavy atom. The second-order valence-electron chi connectivity index (χ2n) is 11.2. The standard InChI is InChI=1S/C33H63O2/c1-3-5-7-9-11-13-15-17-19-21-23-25-27-29-32(31-34)33(35)30-28-26-24-22-20-18-16-14-12-10-8-6-4-2/h32H,3-30H2,1-2H3. The fourth-order valence-electron chi connectivity index (χ4n) is 5.14. The van der Waals surface area contributed by atoms with Gasteiger partial charge in [-0.1, -0.05) is 174 Å². The van der Waals surface area contributed by atoms with Crippen LogP contribution in [0.1, 0.15) is 194 Å². The number of unbranched alkanes of at least 4 members (excludes halogenated alkanes) is 24. The molecule has 1 atom stereocenters. The summed E-state index contributed by atoms with van der Waals surface area (Å²) in [6, 6.07) is 0. The molecule has 0 aliphatic carbocycles. The number of Topliss-reactive ketones (excluding diaryl/α,β-unsaturated/α-hetero) is 1. The second kappa shape index (κ2) is 29.6. The van der Waals surface area contributed by atoms with Gasteiger partial charge >= 0.3 is 0 Å². The first-order valence-electron chi connectivity index (χ1n) is 16.2. The molecule has 0 aromatic heterocycles. The van der Waals surface area contributed by atoms with Crippen LogP contribution in [-0.2, 0) is 9.59 Å². The van der Waals surface area contributed by atoms with Crippen LogP contribution in [0.5, 0.6) is 0 Å². The van der Waals surface area contributed by atoms with E-state index in [-0.39, 0.29) is 5.78 Å². The molecular weight excluding hydrogens is 428 g/mol. The summed E-state index contributed by atoms with van der Waals surface area (Å²) in [5.41, 5.74) is 0. The molecule has 1 radical (unpaired) electrons. The minimum absolute atomic E-state index is 0.141. The maximum atomic E-state index is 12.4. The van der Waals surface area contributed by atoms with Gasteiger partial charge in [0.1, 0.15) is 5.78 Å². The first kappa shape index (κ1) is 34.3. The minimum Gasteiger partial charge on any atom is -0.299 e. The zero-order chi connectivity index (χ0) is 25.7. The summed E-state index contributed by atoms with van der Waals surface area (Å²) < 4.78 is 0. The lowest BCUT2D eigenvalue weighted by molar-refractivity contribution is -0.121. The van der Waals surface area contributed by atoms with E-state index in [2.05, 4.69) is 13.8 Å². The predicted octanol–water partition coefficient (Wildman–Crippen LogP) is 11.2. The van der Waals surface area contributed by atoms with E-state index in [0.717, 1.165) is 32.1 Å². The third kappa shape index (κ3) is 26.2. The lowest BCUT2D eigenvalue weighted by Crippen LogP contribution is -2.15. The van der Waals surface area contributed by atoms with E-state index in [4.69, 9.17) is 0 Å². The number of hydrogen-bond acceptors (Lipinski definition) is 2. The summed E-state index contributed by atoms with van der Waals surface area (Å²) in [5.74, 6) is -0.318. The molecule has 0 rings (SSSR count). The van der Waals surface area contributed by atoms with Crippen molar-refractivity contribution in [2.45, 2.75) is 194 Å². The van der Waals surface area contributed by atoms with Gasteiger partial charge in [0, 0.05) is 6.42 Å². The third-order valence-corrected chi connectivity index (χ3v) is 7.65. The van der Waals surface area contributed by atoms with E-state index in [9.17, 15) is 9.59 Å². The van der Waals surface area contributed by atoms with Gasteiger partial charge in [0.15, 0.2) is 0 Å². The number of ketones is 1. The van der Waals surface area contributed by atoms with Crippen LogP contribution in [0.2, 0.25) is 0 Å². The van der Waals surface area contributed by atoms with Crippen molar-refractivity contribution in [1.29, 1.82) is 0 Å². The smallest absolute Gasteiger partial charge is 0.209 e. The highest BCUT2D eigenvalue weighted by molar-refractivity contribution is 5.93. The monoisotopic (exact) mass is 491 g/mol. The van der Waals surface area contributed by atoms with E-state index in [1.165, 1.54) is 141 Å². The Balaban J connectivity index is 3.43. The summed E-state index contributed by atoms with van der Waals surface area (Å²) in [6.45, 7) is 4.55. The van der Waals surface area contributed by atoms with Crippen LogP contribution in [0, 0.1) is 5.92 Å². The summed E-state index contributed by atoms with van der Waals surface area (Å²) in [4.78, 5) is 23.6. The van der Waals surface area contributed by atoms with Gasteiger partial charge in [0.2, 0.25) is 6.29 Å². The first-order valence-corrected chi connectivity index (χ1v) is 16.2. The molecule has 207 valence electrons. The van der Waals surface area contributed by atoms with E-state index >= 15 is 0 Å². The zero-order valence-corrected chi connectivity index (χ0v) is 24.2. The molecule has 0 aromatic carbocycles. The van der Waals surface area contributed by atoms with Gasteiger partial charge in [-0.25, -0.2) is 0 Å². The second-order valence-corrected chi connectivity index (χ2v) is 11.2. The van der Waals surface area contributed by atoms with Crippen molar-refractivity contribution >= 4 is 12.1 Å². The van der Waals surface area contributed by atoms with Crippen molar-refractivity contribution in [3.63, 3.8) is 0 Å². The molecule has 2 nitrogen and oxygen atoms in total. The highest BCUT2D eigenvalue weighted by Crippen LogP contribution is 2.17. The normalized spacial score (nSPS) is 12.2. The molecule has 0 aliphatic heterocycles. The molecule has 2 heteroatoms. The Bertz CT molecular complexity index is 431. The molecule has 1 unspecified atom stereocenters. The maximum absolute atomic E-state index is 12.4. The van der Waals surface area contributed by atoms with Crippen molar-refractivity contribution in [3.8, 4) is 0 Å². The molecule has 0 aromatic rings. The van der Waals surface area contributed by atoms with Crippen molar-refractivity contribution in [1.82, 2.24) is 0 Å². The lowest BCUT2D eigenvalue weighted by atomic mass is 9.94. The maximum Gasteiger partial charge on any atom is 0.209 e. The van der Waals surface area contributed by atoms with Crippen LogP contribution in [0.4, 0.5) is 0 Å². The van der Waals surface area contributed by atoms with E-state index in [0.29, 0.717) is 6.42 Å². The molecule has 0 N–H and O–H groups in total. The van der Waals surface area contributed by atoms with E-state index < -0.39 is 5.92 Å². The Morgan fingerprint density at radius 3 is 1.06 bits per heavy atom. The van der Waals surface area contributed by atoms with Crippen molar-refractivity contribution in [2.24, 2.45) is 5.92 Å². The zero-order valence-electron chi connectivity index (χ0n) is 24.2. The Labute approximate surface area is 221 Å². The Morgan fingerprint density at radius 1 is 0.457 bits per heavy atom. The molecule has 0 fully saturated rings. The van der Waals surface area contributed by atoms with E-state index in [1.807, 2.05) is 6.29 Å². The molecular formula is C33H63O2. The van der Waals surface area contributed by atoms with Crippen LogP contribution in [0.25, 0.3) is 0 Å². The van der Waals surface area contributed by atoms with Crippen molar-refractivity contribution in [3.05, 3.63) is 0 Å². The fourth-order valence-corrected chi connectivity index (χ4v) is 5.14. The molecule has 0 bridgehead atoms. The van der Waals surface area contributed by atoms with Gasteiger partial charge in [0.25, 0.3) is 0 Å². The number of hydrogen-bond donors (Lipinski definition) is 0. The minimum atomic E-state index is -0.458. The van der Waals surface area contributed by atoms with Gasteiger partial charge < -0.3 is 0 Å². The quantitative estimate of drug-likeness (QED) is 0.0739. The average Bonchev–Trinajstić information content (AvgIpc) is 2.87. The lowest BCUT2D eigenvalue weighted by Gasteiger charge is -2.09. The Kier molecular flexibility index (Phi) is 29.0. The summed E-state index contributed by atoms with van der Waals surface area (Å²) in [5, 5.41) is 0. The van der Waals surface area contributed by atoms with Gasteiger partial charge in [-0.2, -0.15) is 0 Å². The van der Waals surface area contributed by atoms with Gasteiger partial charge in [-0.3, -0.25) is 9.59 Å². The van der Waals surface area contributed by atoms with Crippen molar-refractivity contribution < 1.29 is 9.59 Å². The third-order valence-electron chi connectivity index (χ3n) is 7.65. The molecule has 0 spiro atoms. The largest absolute Gasteiger partial charge is 0.299 e. The van der Waals surface area contributed by atoms with Crippen LogP contribution >= 0.6 is 0 Å². The molecule has 0 saturated heterocycles. The van der Waals surface area contributed by atoms with Crippen LogP contribution in [-0.4, -0.2) is 12.1 Å². The number of carbonyl (C=O) groups excluding carboxylic acids is 2. The summed E-state index contributed by atoms with van der Waals surface area (Å²) in [6.07, 6.45) is 37.6. The number of carbonyl (C=O) groups is 1. The first-order chi connectivity index (χ1) is 17.3. The number of rotatable bonds is 30. The highest BCUT2D eigenvalue weighted by Gasteiger charge is 2.17. The SMILES string of the molecule is CCCCCCCCCCCCCCCC(=O)C([C]=O)CCCCCCCCCCCCCCC. The Hall–Kier alpha value is -0.660. The molecule has 0 amide bonds. The van der Waals surface area contributed by atoms with Crippen LogP contribution in [0.3, 0.4) is 0 Å². The summed E-state index contributed by atoms with van der Waals surface area (Å²) >= 11 is 0. The molecule has 35 heavy (non-hydrogen) atoms. The fraction of sp³-hybridized carbons (Fsp3) is 0.939.